The van der Waals surface area contributed by atoms with Crippen molar-refractivity contribution in [1.82, 2.24) is 0 Å². The van der Waals surface area contributed by atoms with Crippen molar-refractivity contribution in [2.75, 3.05) is 19.6 Å². The molecule has 12 rings (SSSR count). The molecule has 88 heavy (non-hydrogen) atoms. The summed E-state index contributed by atoms with van der Waals surface area (Å²) in [5, 5.41) is 1.57. The van der Waals surface area contributed by atoms with Gasteiger partial charge in [-0.2, -0.15) is 0 Å². The Bertz CT molecular complexity index is 3290. The first-order chi connectivity index (χ1) is 43.4. The molecule has 12 aromatic rings. The summed E-state index contributed by atoms with van der Waals surface area (Å²) in [6, 6.07) is 118. The predicted octanol–water partition coefficient (Wildman–Crippen LogP) is 20.8. The van der Waals surface area contributed by atoms with Crippen LogP contribution in [0.15, 0.2) is 364 Å². The van der Waals surface area contributed by atoms with Crippen LogP contribution in [0, 0.1) is 0 Å². The van der Waals surface area contributed by atoms with E-state index in [4.69, 9.17) is 67.8 Å². The molecule has 12 aromatic carbocycles. The fourth-order valence-electron chi connectivity index (χ4n) is 8.60. The maximum absolute atomic E-state index is 5.84. The van der Waals surface area contributed by atoms with Crippen molar-refractivity contribution in [2.45, 2.75) is 0 Å². The number of para-hydroxylation sites is 12. The SMILES string of the molecule is S=C(Oc1ccccc1)N(c1ccccc1)c1ccccc1.S=C(Oc1ccccc1)N(c1ccccc1)c1ccccc1.S=C(Oc1ccccc1)N(c1ccccc1)c1ccccc1.S=C(Oc1ccccc1)N(c1ccccc1)c1ccccc1. The molecule has 0 N–H and O–H groups in total. The Morgan fingerprint density at radius 2 is 0.261 bits per heavy atom. The van der Waals surface area contributed by atoms with Gasteiger partial charge in [-0.15, -0.1) is 0 Å². The second-order valence-electron chi connectivity index (χ2n) is 18.8. The highest BCUT2D eigenvalue weighted by Crippen LogP contribution is 2.31. The van der Waals surface area contributed by atoms with E-state index in [0.29, 0.717) is 20.7 Å². The molecule has 12 heteroatoms. The van der Waals surface area contributed by atoms with Gasteiger partial charge in [-0.05, 0) is 194 Å². The molecule has 0 radical (unpaired) electrons. The maximum atomic E-state index is 5.84. The third-order valence-electron chi connectivity index (χ3n) is 12.6. The number of nitrogens with zero attached hydrogens (tertiary/aromatic N) is 4. The average Bonchev–Trinajstić information content (AvgIpc) is 3.61. The van der Waals surface area contributed by atoms with E-state index in [-0.39, 0.29) is 0 Å². The van der Waals surface area contributed by atoms with Gasteiger partial charge in [0.25, 0.3) is 20.7 Å². The molecule has 0 saturated carbocycles. The molecule has 0 heterocycles. The van der Waals surface area contributed by atoms with Crippen LogP contribution in [0.5, 0.6) is 23.0 Å². The van der Waals surface area contributed by atoms with E-state index in [2.05, 4.69) is 0 Å². The van der Waals surface area contributed by atoms with Crippen molar-refractivity contribution >= 4 is 115 Å². The van der Waals surface area contributed by atoms with Gasteiger partial charge >= 0.3 is 0 Å². The minimum atomic E-state index is 0.392. The van der Waals surface area contributed by atoms with E-state index < -0.39 is 0 Å². The molecule has 0 amide bonds. The normalized spacial score (nSPS) is 10.0. The Hall–Kier alpha value is -10.6. The molecule has 432 valence electrons. The number of ether oxygens (including phenoxy) is 4. The minimum Gasteiger partial charge on any atom is -0.431 e. The van der Waals surface area contributed by atoms with Crippen molar-refractivity contribution < 1.29 is 18.9 Å². The Kier molecular flexibility index (Phi) is 23.8. The summed E-state index contributed by atoms with van der Waals surface area (Å²) >= 11 is 22.1. The monoisotopic (exact) mass is 1220 g/mol. The molecule has 0 aliphatic heterocycles. The first kappa shape index (κ1) is 61.9. The highest BCUT2D eigenvalue weighted by molar-refractivity contribution is 7.81. The molecule has 0 saturated heterocycles. The van der Waals surface area contributed by atoms with Gasteiger partial charge in [-0.3, -0.25) is 19.6 Å². The van der Waals surface area contributed by atoms with Crippen LogP contribution < -0.4 is 38.5 Å². The van der Waals surface area contributed by atoms with Crippen molar-refractivity contribution in [1.29, 1.82) is 0 Å². The van der Waals surface area contributed by atoms with Crippen LogP contribution in [0.4, 0.5) is 45.5 Å². The molecule has 0 unspecified atom stereocenters. The number of anilines is 8. The maximum Gasteiger partial charge on any atom is 0.274 e. The molecule has 0 aliphatic rings. The van der Waals surface area contributed by atoms with E-state index in [1.54, 1.807) is 0 Å². The molecule has 0 atom stereocenters. The van der Waals surface area contributed by atoms with Gasteiger partial charge in [0.15, 0.2) is 0 Å². The second-order valence-corrected chi connectivity index (χ2v) is 20.1. The van der Waals surface area contributed by atoms with Crippen LogP contribution >= 0.6 is 48.9 Å². The standard InChI is InChI=1S/4C19H15NOS/c4*22-19(21-18-14-8-3-9-15-18)20(16-10-4-1-5-11-16)17-12-6-2-7-13-17/h4*1-15H. The van der Waals surface area contributed by atoms with Crippen LogP contribution in [0.2, 0.25) is 0 Å². The number of thiocarbonyl (C=S) groups is 4. The van der Waals surface area contributed by atoms with Gasteiger partial charge < -0.3 is 18.9 Å². The summed E-state index contributed by atoms with van der Waals surface area (Å²) in [7, 11) is 0. The zero-order valence-corrected chi connectivity index (χ0v) is 51.0. The van der Waals surface area contributed by atoms with Crippen molar-refractivity contribution in [2.24, 2.45) is 0 Å². The molecule has 0 bridgehead atoms. The molecule has 0 spiro atoms. The quantitative estimate of drug-likeness (QED) is 0.110. The number of hydrogen-bond donors (Lipinski definition) is 0. The van der Waals surface area contributed by atoms with Crippen molar-refractivity contribution in [3.8, 4) is 23.0 Å². The van der Waals surface area contributed by atoms with E-state index in [1.165, 1.54) is 0 Å². The van der Waals surface area contributed by atoms with Gasteiger partial charge in [0.1, 0.15) is 23.0 Å². The Morgan fingerprint density at radius 1 is 0.159 bits per heavy atom. The van der Waals surface area contributed by atoms with Gasteiger partial charge in [-0.25, -0.2) is 0 Å². The molecule has 0 aromatic heterocycles. The molecule has 0 aliphatic carbocycles. The number of hydrogen-bond acceptors (Lipinski definition) is 8. The number of rotatable bonds is 12. The minimum absolute atomic E-state index is 0.392. The van der Waals surface area contributed by atoms with Crippen LogP contribution in [0.25, 0.3) is 0 Å². The van der Waals surface area contributed by atoms with Crippen LogP contribution in [-0.2, 0) is 0 Å². The summed E-state index contributed by atoms with van der Waals surface area (Å²) in [5.74, 6) is 2.91. The third-order valence-corrected chi connectivity index (χ3v) is 13.7. The summed E-state index contributed by atoms with van der Waals surface area (Å²) in [5.41, 5.74) is 7.74. The Labute approximate surface area is 536 Å². The topological polar surface area (TPSA) is 49.9 Å². The summed E-state index contributed by atoms with van der Waals surface area (Å²) in [4.78, 5) is 7.68. The zero-order chi connectivity index (χ0) is 60.8. The lowest BCUT2D eigenvalue weighted by Gasteiger charge is -2.24. The zero-order valence-electron chi connectivity index (χ0n) is 47.7. The summed E-state index contributed by atoms with van der Waals surface area (Å²) in [6.07, 6.45) is 0. The van der Waals surface area contributed by atoms with Gasteiger partial charge in [0, 0.05) is 45.5 Å². The Balaban J connectivity index is 0.000000140. The van der Waals surface area contributed by atoms with Gasteiger partial charge in [-0.1, -0.05) is 218 Å². The lowest BCUT2D eigenvalue weighted by atomic mass is 10.2. The van der Waals surface area contributed by atoms with E-state index in [0.717, 1.165) is 68.5 Å². The average molecular weight is 1220 g/mol. The van der Waals surface area contributed by atoms with Crippen LogP contribution in [0.1, 0.15) is 0 Å². The lowest BCUT2D eigenvalue weighted by molar-refractivity contribution is 0.555. The van der Waals surface area contributed by atoms with Gasteiger partial charge in [0.05, 0.1) is 0 Å². The van der Waals surface area contributed by atoms with Crippen LogP contribution in [0.3, 0.4) is 0 Å². The predicted molar refractivity (Wildman–Crippen MR) is 379 cm³/mol. The molecule has 0 fully saturated rings. The van der Waals surface area contributed by atoms with E-state index in [9.17, 15) is 0 Å². The lowest BCUT2D eigenvalue weighted by Crippen LogP contribution is -2.28. The molecular weight excluding hydrogens is 1160 g/mol. The smallest absolute Gasteiger partial charge is 0.274 e. The largest absolute Gasteiger partial charge is 0.431 e. The fourth-order valence-corrected chi connectivity index (χ4v) is 9.82. The highest BCUT2D eigenvalue weighted by Gasteiger charge is 2.20. The van der Waals surface area contributed by atoms with Crippen molar-refractivity contribution in [3.05, 3.63) is 364 Å². The van der Waals surface area contributed by atoms with Gasteiger partial charge in [0.2, 0.25) is 0 Å². The first-order valence-electron chi connectivity index (χ1n) is 28.1. The molecule has 8 nitrogen and oxygen atoms in total. The van der Waals surface area contributed by atoms with Crippen LogP contribution in [-0.4, -0.2) is 20.7 Å². The van der Waals surface area contributed by atoms with Crippen molar-refractivity contribution in [3.63, 3.8) is 0 Å². The summed E-state index contributed by atoms with van der Waals surface area (Å²) < 4.78 is 23.4. The number of benzene rings is 12. The van der Waals surface area contributed by atoms with E-state index in [1.807, 2.05) is 384 Å². The second kappa shape index (κ2) is 33.8. The summed E-state index contributed by atoms with van der Waals surface area (Å²) in [6.45, 7) is 0. The fraction of sp³-hybridized carbons (Fsp3) is 0. The Morgan fingerprint density at radius 3 is 0.375 bits per heavy atom. The highest BCUT2D eigenvalue weighted by atomic mass is 32.1. The third kappa shape index (κ3) is 18.7. The first-order valence-corrected chi connectivity index (χ1v) is 29.7. The molecular formula is C76H60N4O4S4. The van der Waals surface area contributed by atoms with E-state index >= 15 is 0 Å².